The summed E-state index contributed by atoms with van der Waals surface area (Å²) in [5, 5.41) is 3.20. The van der Waals surface area contributed by atoms with Gasteiger partial charge in [0.25, 0.3) is 5.91 Å². The van der Waals surface area contributed by atoms with E-state index in [4.69, 9.17) is 4.74 Å². The van der Waals surface area contributed by atoms with E-state index >= 15 is 0 Å². The smallest absolute Gasteiger partial charge is 0.257 e. The molecule has 0 saturated heterocycles. The summed E-state index contributed by atoms with van der Waals surface area (Å²) in [5.74, 6) is 0.604. The molecule has 1 amide bonds. The van der Waals surface area contributed by atoms with Gasteiger partial charge in [-0.05, 0) is 5.56 Å². The van der Waals surface area contributed by atoms with Gasteiger partial charge in [-0.3, -0.25) is 4.79 Å². The zero-order valence-electron chi connectivity index (χ0n) is 8.00. The summed E-state index contributed by atoms with van der Waals surface area (Å²) >= 11 is 3.31. The van der Waals surface area contributed by atoms with Gasteiger partial charge >= 0.3 is 0 Å². The molecule has 1 aromatic carbocycles. The van der Waals surface area contributed by atoms with Gasteiger partial charge in [0.05, 0.1) is 10.9 Å². The maximum Gasteiger partial charge on any atom is 0.257 e. The number of hydrogen-bond acceptors (Lipinski definition) is 2. The van der Waals surface area contributed by atoms with E-state index < -0.39 is 0 Å². The third-order valence-corrected chi connectivity index (χ3v) is 2.68. The van der Waals surface area contributed by atoms with E-state index in [1.165, 1.54) is 0 Å². The van der Waals surface area contributed by atoms with Crippen LogP contribution in [0, 0.1) is 0 Å². The minimum Gasteiger partial charge on any atom is -0.476 e. The van der Waals surface area contributed by atoms with E-state index in [1.807, 2.05) is 30.3 Å². The van der Waals surface area contributed by atoms with Crippen molar-refractivity contribution in [1.82, 2.24) is 5.32 Å². The van der Waals surface area contributed by atoms with Crippen molar-refractivity contribution in [1.29, 1.82) is 0 Å². The van der Waals surface area contributed by atoms with E-state index in [9.17, 15) is 4.79 Å². The number of halogens is 1. The van der Waals surface area contributed by atoms with Crippen LogP contribution in [0.5, 0.6) is 0 Å². The number of rotatable bonds is 2. The predicted octanol–water partition coefficient (Wildman–Crippen LogP) is 1.90. The molecule has 1 aromatic rings. The maximum atomic E-state index is 11.7. The number of carbonyl (C=O) groups excluding carboxylic acids is 1. The van der Waals surface area contributed by atoms with Crippen molar-refractivity contribution >= 4 is 27.4 Å². The van der Waals surface area contributed by atoms with Crippen LogP contribution in [0.15, 0.2) is 36.1 Å². The van der Waals surface area contributed by atoms with Gasteiger partial charge in [-0.1, -0.05) is 46.3 Å². The largest absolute Gasteiger partial charge is 0.476 e. The van der Waals surface area contributed by atoms with Crippen molar-refractivity contribution in [2.75, 3.05) is 12.1 Å². The van der Waals surface area contributed by atoms with Crippen molar-refractivity contribution < 1.29 is 9.53 Å². The number of benzene rings is 1. The topological polar surface area (TPSA) is 38.3 Å². The average Bonchev–Trinajstić information content (AvgIpc) is 2.29. The fourth-order valence-corrected chi connectivity index (χ4v) is 1.92. The summed E-state index contributed by atoms with van der Waals surface area (Å²) < 4.78 is 5.37. The Morgan fingerprint density at radius 2 is 2.07 bits per heavy atom. The monoisotopic (exact) mass is 267 g/mol. The third kappa shape index (κ3) is 2.04. The Bertz CT molecular complexity index is 400. The molecule has 0 spiro atoms. The Kier molecular flexibility index (Phi) is 3.06. The van der Waals surface area contributed by atoms with Crippen LogP contribution in [0.25, 0.3) is 5.57 Å². The Hall–Kier alpha value is -1.29. The highest BCUT2D eigenvalue weighted by molar-refractivity contribution is 9.09. The molecule has 0 radical (unpaired) electrons. The molecule has 3 nitrogen and oxygen atoms in total. The van der Waals surface area contributed by atoms with Crippen molar-refractivity contribution in [3.63, 3.8) is 0 Å². The molecule has 1 heterocycles. The lowest BCUT2D eigenvalue weighted by atomic mass is 10.0. The molecule has 78 valence electrons. The minimum absolute atomic E-state index is 0.0816. The van der Waals surface area contributed by atoms with E-state index in [0.717, 1.165) is 5.56 Å². The SMILES string of the molecule is O=C1NCOC(CBr)=C1c1ccccc1. The van der Waals surface area contributed by atoms with Crippen LogP contribution in [-0.4, -0.2) is 18.0 Å². The van der Waals surface area contributed by atoms with Crippen molar-refractivity contribution in [3.05, 3.63) is 41.7 Å². The second kappa shape index (κ2) is 4.49. The Morgan fingerprint density at radius 3 is 2.73 bits per heavy atom. The Morgan fingerprint density at radius 1 is 1.33 bits per heavy atom. The molecule has 0 saturated carbocycles. The lowest BCUT2D eigenvalue weighted by molar-refractivity contribution is -0.118. The molecule has 0 bridgehead atoms. The summed E-state index contributed by atoms with van der Waals surface area (Å²) in [6.45, 7) is 0.246. The minimum atomic E-state index is -0.0816. The molecule has 1 N–H and O–H groups in total. The van der Waals surface area contributed by atoms with Gasteiger partial charge in [0, 0.05) is 0 Å². The molecule has 1 aliphatic heterocycles. The van der Waals surface area contributed by atoms with Crippen LogP contribution < -0.4 is 5.32 Å². The summed E-state index contributed by atoms with van der Waals surface area (Å²) in [5.41, 5.74) is 1.49. The van der Waals surface area contributed by atoms with Gasteiger partial charge < -0.3 is 10.1 Å². The second-order valence-electron chi connectivity index (χ2n) is 3.09. The number of carbonyl (C=O) groups is 1. The van der Waals surface area contributed by atoms with Crippen LogP contribution in [0.1, 0.15) is 5.56 Å². The molecule has 15 heavy (non-hydrogen) atoms. The highest BCUT2D eigenvalue weighted by Crippen LogP contribution is 2.23. The first-order valence-electron chi connectivity index (χ1n) is 4.58. The fraction of sp³-hybridized carbons (Fsp3) is 0.182. The van der Waals surface area contributed by atoms with E-state index in [-0.39, 0.29) is 12.6 Å². The first kappa shape index (κ1) is 10.2. The molecule has 0 aliphatic carbocycles. The molecule has 2 rings (SSSR count). The summed E-state index contributed by atoms with van der Waals surface area (Å²) in [6, 6.07) is 9.50. The molecule has 1 aliphatic rings. The molecule has 4 heteroatoms. The van der Waals surface area contributed by atoms with Gasteiger partial charge in [0.1, 0.15) is 5.76 Å². The number of nitrogens with one attached hydrogen (secondary N) is 1. The first-order valence-corrected chi connectivity index (χ1v) is 5.70. The van der Waals surface area contributed by atoms with Gasteiger partial charge in [-0.2, -0.15) is 0 Å². The van der Waals surface area contributed by atoms with Crippen LogP contribution in [0.3, 0.4) is 0 Å². The Balaban J connectivity index is 2.47. The van der Waals surface area contributed by atoms with Gasteiger partial charge in [-0.15, -0.1) is 0 Å². The highest BCUT2D eigenvalue weighted by Gasteiger charge is 2.21. The number of ether oxygens (including phenoxy) is 1. The normalized spacial score (nSPS) is 15.9. The summed E-state index contributed by atoms with van der Waals surface area (Å²) in [7, 11) is 0. The van der Waals surface area contributed by atoms with Crippen LogP contribution in [-0.2, 0) is 9.53 Å². The molecule has 0 fully saturated rings. The van der Waals surface area contributed by atoms with Gasteiger partial charge in [0.15, 0.2) is 6.73 Å². The second-order valence-corrected chi connectivity index (χ2v) is 3.65. The van der Waals surface area contributed by atoms with Crippen molar-refractivity contribution in [3.8, 4) is 0 Å². The standard InChI is InChI=1S/C11H10BrNO2/c12-6-9-10(11(14)13-7-15-9)8-4-2-1-3-5-8/h1-5H,6-7H2,(H,13,14). The zero-order chi connectivity index (χ0) is 10.7. The number of amides is 1. The average molecular weight is 268 g/mol. The number of alkyl halides is 1. The molecule has 0 unspecified atom stereocenters. The lowest BCUT2D eigenvalue weighted by Crippen LogP contribution is -2.32. The molecule has 0 atom stereocenters. The fourth-order valence-electron chi connectivity index (χ4n) is 1.48. The van der Waals surface area contributed by atoms with Gasteiger partial charge in [-0.25, -0.2) is 0 Å². The number of allylic oxidation sites excluding steroid dienone is 1. The van der Waals surface area contributed by atoms with Crippen LogP contribution in [0.2, 0.25) is 0 Å². The Labute approximate surface area is 96.3 Å². The van der Waals surface area contributed by atoms with E-state index in [0.29, 0.717) is 16.7 Å². The van der Waals surface area contributed by atoms with Crippen LogP contribution in [0.4, 0.5) is 0 Å². The molecule has 0 aromatic heterocycles. The lowest BCUT2D eigenvalue weighted by Gasteiger charge is -2.20. The van der Waals surface area contributed by atoms with E-state index in [2.05, 4.69) is 21.2 Å². The van der Waals surface area contributed by atoms with Crippen molar-refractivity contribution in [2.24, 2.45) is 0 Å². The molecular weight excluding hydrogens is 258 g/mol. The first-order chi connectivity index (χ1) is 7.33. The quantitative estimate of drug-likeness (QED) is 0.832. The van der Waals surface area contributed by atoms with Crippen molar-refractivity contribution in [2.45, 2.75) is 0 Å². The van der Waals surface area contributed by atoms with E-state index in [1.54, 1.807) is 0 Å². The molecular formula is C11H10BrNO2. The number of hydrogen-bond donors (Lipinski definition) is 1. The summed E-state index contributed by atoms with van der Waals surface area (Å²) in [6.07, 6.45) is 0. The summed E-state index contributed by atoms with van der Waals surface area (Å²) in [4.78, 5) is 11.7. The third-order valence-electron chi connectivity index (χ3n) is 2.17. The van der Waals surface area contributed by atoms with Crippen LogP contribution >= 0.6 is 15.9 Å². The zero-order valence-corrected chi connectivity index (χ0v) is 9.58. The maximum absolute atomic E-state index is 11.7. The predicted molar refractivity (Wildman–Crippen MR) is 61.3 cm³/mol. The van der Waals surface area contributed by atoms with Gasteiger partial charge in [0.2, 0.25) is 0 Å². The highest BCUT2D eigenvalue weighted by atomic mass is 79.9.